The van der Waals surface area contributed by atoms with Crippen LogP contribution in [-0.4, -0.2) is 17.0 Å². The number of anilines is 1. The van der Waals surface area contributed by atoms with Gasteiger partial charge in [-0.2, -0.15) is 0 Å². The van der Waals surface area contributed by atoms with Crippen LogP contribution in [0.2, 0.25) is 0 Å². The van der Waals surface area contributed by atoms with Gasteiger partial charge >= 0.3 is 0 Å². The van der Waals surface area contributed by atoms with Gasteiger partial charge in [0.25, 0.3) is 0 Å². The maximum Gasteiger partial charge on any atom is 0.0792 e. The van der Waals surface area contributed by atoms with Gasteiger partial charge in [-0.3, -0.25) is 0 Å². The highest BCUT2D eigenvalue weighted by atomic mass is 16.4. The summed E-state index contributed by atoms with van der Waals surface area (Å²) in [5.74, 6) is 0. The van der Waals surface area contributed by atoms with Gasteiger partial charge < -0.3 is 10.5 Å². The Balaban J connectivity index is 2.05. The molecule has 2 rings (SSSR count). The van der Waals surface area contributed by atoms with Crippen LogP contribution in [-0.2, 0) is 0 Å². The fourth-order valence-corrected chi connectivity index (χ4v) is 2.36. The van der Waals surface area contributed by atoms with Crippen molar-refractivity contribution in [2.24, 2.45) is 5.16 Å². The van der Waals surface area contributed by atoms with Gasteiger partial charge in [-0.1, -0.05) is 42.6 Å². The highest BCUT2D eigenvalue weighted by molar-refractivity contribution is 5.91. The number of rotatable bonds is 2. The minimum Gasteiger partial charge on any atom is -0.411 e. The maximum absolute atomic E-state index is 9.10. The first-order valence-corrected chi connectivity index (χ1v) is 6.42. The monoisotopic (exact) mass is 232 g/mol. The molecule has 0 amide bonds. The smallest absolute Gasteiger partial charge is 0.0792 e. The van der Waals surface area contributed by atoms with Crippen LogP contribution >= 0.6 is 0 Å². The van der Waals surface area contributed by atoms with E-state index >= 15 is 0 Å². The zero-order chi connectivity index (χ0) is 11.9. The topological polar surface area (TPSA) is 44.6 Å². The first-order chi connectivity index (χ1) is 8.40. The Kier molecular flexibility index (Phi) is 4.42. The lowest BCUT2D eigenvalue weighted by Gasteiger charge is -2.23. The van der Waals surface area contributed by atoms with Gasteiger partial charge in [0, 0.05) is 5.69 Å². The molecule has 0 aliphatic heterocycles. The van der Waals surface area contributed by atoms with Gasteiger partial charge in [0.1, 0.15) is 0 Å². The lowest BCUT2D eigenvalue weighted by Crippen LogP contribution is -2.30. The summed E-state index contributed by atoms with van der Waals surface area (Å²) >= 11 is 0. The van der Waals surface area contributed by atoms with Crippen LogP contribution in [0.5, 0.6) is 0 Å². The number of nitrogens with one attached hydrogen (secondary N) is 1. The fourth-order valence-electron chi connectivity index (χ4n) is 2.36. The van der Waals surface area contributed by atoms with Crippen molar-refractivity contribution in [1.29, 1.82) is 0 Å². The summed E-state index contributed by atoms with van der Waals surface area (Å²) in [6.07, 6.45) is 6.81. The molecule has 92 valence electrons. The second kappa shape index (κ2) is 6.28. The van der Waals surface area contributed by atoms with Crippen molar-refractivity contribution in [2.45, 2.75) is 44.6 Å². The minimum absolute atomic E-state index is 0.183. The van der Waals surface area contributed by atoms with E-state index in [9.17, 15) is 0 Å². The molecule has 2 N–H and O–H groups in total. The number of hydrogen-bond acceptors (Lipinski definition) is 3. The third-order valence-corrected chi connectivity index (χ3v) is 3.32. The van der Waals surface area contributed by atoms with Crippen molar-refractivity contribution in [2.75, 3.05) is 5.32 Å². The lowest BCUT2D eigenvalue weighted by atomic mass is 9.94. The van der Waals surface area contributed by atoms with Gasteiger partial charge in [0.2, 0.25) is 0 Å². The van der Waals surface area contributed by atoms with Gasteiger partial charge in [0.05, 0.1) is 11.8 Å². The normalized spacial score (nSPS) is 24.0. The second-order valence-electron chi connectivity index (χ2n) is 4.61. The Morgan fingerprint density at radius 1 is 1.06 bits per heavy atom. The average Bonchev–Trinajstić information content (AvgIpc) is 2.34. The molecule has 0 spiro atoms. The quantitative estimate of drug-likeness (QED) is 0.604. The summed E-state index contributed by atoms with van der Waals surface area (Å²) in [4.78, 5) is 0. The van der Waals surface area contributed by atoms with Crippen molar-refractivity contribution in [3.8, 4) is 0 Å². The lowest BCUT2D eigenvalue weighted by molar-refractivity contribution is 0.314. The van der Waals surface area contributed by atoms with Crippen molar-refractivity contribution in [3.63, 3.8) is 0 Å². The predicted molar refractivity (Wildman–Crippen MR) is 70.8 cm³/mol. The van der Waals surface area contributed by atoms with E-state index in [1.165, 1.54) is 19.3 Å². The first-order valence-electron chi connectivity index (χ1n) is 6.42. The van der Waals surface area contributed by atoms with E-state index in [0.717, 1.165) is 30.7 Å². The van der Waals surface area contributed by atoms with E-state index in [1.807, 2.05) is 30.3 Å². The first kappa shape index (κ1) is 12.0. The van der Waals surface area contributed by atoms with E-state index in [4.69, 9.17) is 5.21 Å². The molecule has 1 aliphatic rings. The number of hydrogen-bond donors (Lipinski definition) is 2. The summed E-state index contributed by atoms with van der Waals surface area (Å²) in [5, 5.41) is 16.0. The Morgan fingerprint density at radius 3 is 2.59 bits per heavy atom. The molecule has 1 aromatic rings. The molecule has 0 saturated heterocycles. The van der Waals surface area contributed by atoms with Gasteiger partial charge in [0.15, 0.2) is 0 Å². The Hall–Kier alpha value is -1.51. The van der Waals surface area contributed by atoms with E-state index in [2.05, 4.69) is 10.5 Å². The summed E-state index contributed by atoms with van der Waals surface area (Å²) in [5.41, 5.74) is 1.99. The highest BCUT2D eigenvalue weighted by Gasteiger charge is 2.18. The molecule has 0 heterocycles. The Labute approximate surface area is 103 Å². The third-order valence-electron chi connectivity index (χ3n) is 3.32. The number of oxime groups is 1. The number of benzene rings is 1. The van der Waals surface area contributed by atoms with E-state index in [0.29, 0.717) is 0 Å². The molecule has 1 saturated carbocycles. The molecule has 0 unspecified atom stereocenters. The second-order valence-corrected chi connectivity index (χ2v) is 4.61. The third kappa shape index (κ3) is 3.48. The zero-order valence-electron chi connectivity index (χ0n) is 10.1. The molecule has 0 bridgehead atoms. The van der Waals surface area contributed by atoms with E-state index < -0.39 is 0 Å². The molecule has 17 heavy (non-hydrogen) atoms. The van der Waals surface area contributed by atoms with Crippen molar-refractivity contribution in [1.82, 2.24) is 0 Å². The van der Waals surface area contributed by atoms with Crippen LogP contribution in [0.15, 0.2) is 35.5 Å². The molecule has 1 aliphatic carbocycles. The maximum atomic E-state index is 9.10. The molecule has 1 fully saturated rings. The Bertz CT molecular complexity index is 362. The van der Waals surface area contributed by atoms with Gasteiger partial charge in [-0.15, -0.1) is 0 Å². The van der Waals surface area contributed by atoms with Gasteiger partial charge in [-0.05, 0) is 31.4 Å². The molecule has 1 aromatic carbocycles. The van der Waals surface area contributed by atoms with Gasteiger partial charge in [-0.25, -0.2) is 0 Å². The van der Waals surface area contributed by atoms with Crippen LogP contribution in [0.1, 0.15) is 38.5 Å². The molecule has 3 nitrogen and oxygen atoms in total. The zero-order valence-corrected chi connectivity index (χ0v) is 10.1. The molecular formula is C14H20N2O. The van der Waals surface area contributed by atoms with Crippen LogP contribution in [0.4, 0.5) is 5.69 Å². The minimum atomic E-state index is 0.183. The largest absolute Gasteiger partial charge is 0.411 e. The number of nitrogens with zero attached hydrogens (tertiary/aromatic N) is 1. The van der Waals surface area contributed by atoms with Crippen LogP contribution in [0.3, 0.4) is 0 Å². The predicted octanol–water partition coefficient (Wildman–Crippen LogP) is 3.65. The van der Waals surface area contributed by atoms with E-state index in [-0.39, 0.29) is 6.04 Å². The summed E-state index contributed by atoms with van der Waals surface area (Å²) in [6, 6.07) is 10.3. The molecule has 1 atom stereocenters. The summed E-state index contributed by atoms with van der Waals surface area (Å²) in [7, 11) is 0. The highest BCUT2D eigenvalue weighted by Crippen LogP contribution is 2.19. The number of para-hydroxylation sites is 1. The van der Waals surface area contributed by atoms with E-state index in [1.54, 1.807) is 0 Å². The average molecular weight is 232 g/mol. The fraction of sp³-hybridized carbons (Fsp3) is 0.500. The molecular weight excluding hydrogens is 212 g/mol. The van der Waals surface area contributed by atoms with Crippen molar-refractivity contribution >= 4 is 11.4 Å². The molecule has 3 heteroatoms. The molecule has 0 radical (unpaired) electrons. The van der Waals surface area contributed by atoms with Crippen LogP contribution < -0.4 is 5.32 Å². The van der Waals surface area contributed by atoms with Crippen LogP contribution in [0.25, 0.3) is 0 Å². The Morgan fingerprint density at radius 2 is 1.82 bits per heavy atom. The summed E-state index contributed by atoms with van der Waals surface area (Å²) in [6.45, 7) is 0. The standard InChI is InChI=1S/C14H20N2O/c17-16-14-11-7-2-1-6-10-13(14)15-12-8-4-3-5-9-12/h3-5,8-9,13,15,17H,1-2,6-7,10-11H2/b16-14-/t13-/m0/s1. The van der Waals surface area contributed by atoms with Crippen LogP contribution in [0, 0.1) is 0 Å². The SMILES string of the molecule is O/N=C1/CCCCCC[C@@H]1Nc1ccccc1. The molecule has 0 aromatic heterocycles. The summed E-state index contributed by atoms with van der Waals surface area (Å²) < 4.78 is 0. The van der Waals surface area contributed by atoms with Crippen molar-refractivity contribution in [3.05, 3.63) is 30.3 Å². The van der Waals surface area contributed by atoms with Crippen molar-refractivity contribution < 1.29 is 5.21 Å².